The largest absolute Gasteiger partial charge is 0.497 e. The van der Waals surface area contributed by atoms with Crippen molar-refractivity contribution in [3.05, 3.63) is 53.6 Å². The molecule has 0 aliphatic carbocycles. The van der Waals surface area contributed by atoms with Crippen molar-refractivity contribution in [2.75, 3.05) is 25.1 Å². The predicted octanol–water partition coefficient (Wildman–Crippen LogP) is 4.35. The van der Waals surface area contributed by atoms with Gasteiger partial charge < -0.3 is 9.64 Å². The maximum absolute atomic E-state index is 5.15. The quantitative estimate of drug-likeness (QED) is 0.783. The molecule has 1 saturated heterocycles. The van der Waals surface area contributed by atoms with Crippen LogP contribution in [0.2, 0.25) is 0 Å². The van der Waals surface area contributed by atoms with Crippen molar-refractivity contribution in [2.24, 2.45) is 4.99 Å². The highest BCUT2D eigenvalue weighted by Crippen LogP contribution is 2.25. The maximum atomic E-state index is 5.15. The Balaban J connectivity index is 1.74. The van der Waals surface area contributed by atoms with Crippen LogP contribution in [-0.4, -0.2) is 26.4 Å². The Bertz CT molecular complexity index is 656. The smallest absolute Gasteiger partial charge is 0.119 e. The van der Waals surface area contributed by atoms with Crippen LogP contribution in [0.4, 0.5) is 11.4 Å². The molecule has 0 spiro atoms. The Kier molecular flexibility index (Phi) is 4.42. The van der Waals surface area contributed by atoms with E-state index in [1.54, 1.807) is 7.11 Å². The van der Waals surface area contributed by atoms with Crippen LogP contribution in [0.5, 0.6) is 5.75 Å². The SMILES string of the molecule is COc1ccc(N=Cc2ccc(N3CCCC3)c(C)c2)cc1. The molecule has 0 N–H and O–H groups in total. The van der Waals surface area contributed by atoms with Crippen molar-refractivity contribution in [1.29, 1.82) is 0 Å². The number of nitrogens with zero attached hydrogens (tertiary/aromatic N) is 2. The lowest BCUT2D eigenvalue weighted by Gasteiger charge is -2.20. The summed E-state index contributed by atoms with van der Waals surface area (Å²) >= 11 is 0. The van der Waals surface area contributed by atoms with Gasteiger partial charge in [0, 0.05) is 25.0 Å². The van der Waals surface area contributed by atoms with E-state index in [4.69, 9.17) is 4.74 Å². The number of anilines is 1. The van der Waals surface area contributed by atoms with Gasteiger partial charge in [0.25, 0.3) is 0 Å². The van der Waals surface area contributed by atoms with Crippen LogP contribution < -0.4 is 9.64 Å². The summed E-state index contributed by atoms with van der Waals surface area (Å²) in [5.41, 5.74) is 4.75. The fraction of sp³-hybridized carbons (Fsp3) is 0.316. The average molecular weight is 294 g/mol. The summed E-state index contributed by atoms with van der Waals surface area (Å²) in [5.74, 6) is 0.852. The first-order chi connectivity index (χ1) is 10.8. The first-order valence-corrected chi connectivity index (χ1v) is 7.80. The van der Waals surface area contributed by atoms with Gasteiger partial charge in [-0.2, -0.15) is 0 Å². The lowest BCUT2D eigenvalue weighted by atomic mass is 10.1. The second kappa shape index (κ2) is 6.65. The molecule has 2 aromatic carbocycles. The lowest BCUT2D eigenvalue weighted by molar-refractivity contribution is 0.415. The molecule has 0 amide bonds. The van der Waals surface area contributed by atoms with Crippen molar-refractivity contribution in [2.45, 2.75) is 19.8 Å². The predicted molar refractivity (Wildman–Crippen MR) is 92.9 cm³/mol. The standard InChI is InChI=1S/C19H22N2O/c1-15-13-16(5-10-19(15)21-11-3-4-12-21)14-20-17-6-8-18(22-2)9-7-17/h5-10,13-14H,3-4,11-12H2,1-2H3. The molecule has 0 radical (unpaired) electrons. The van der Waals surface area contributed by atoms with Gasteiger partial charge in [-0.05, 0) is 67.3 Å². The van der Waals surface area contributed by atoms with Crippen LogP contribution in [0, 0.1) is 6.92 Å². The summed E-state index contributed by atoms with van der Waals surface area (Å²) in [6.07, 6.45) is 4.53. The Morgan fingerprint density at radius 1 is 1.05 bits per heavy atom. The van der Waals surface area contributed by atoms with Gasteiger partial charge in [0.2, 0.25) is 0 Å². The molecular weight excluding hydrogens is 272 g/mol. The molecule has 1 aliphatic rings. The molecule has 0 unspecified atom stereocenters. The molecule has 3 rings (SSSR count). The number of ether oxygens (including phenoxy) is 1. The highest BCUT2D eigenvalue weighted by molar-refractivity contribution is 5.83. The Morgan fingerprint density at radius 3 is 2.41 bits per heavy atom. The van der Waals surface area contributed by atoms with E-state index in [2.05, 4.69) is 35.0 Å². The van der Waals surface area contributed by atoms with Crippen molar-refractivity contribution in [3.8, 4) is 5.75 Å². The number of methoxy groups -OCH3 is 1. The van der Waals surface area contributed by atoms with E-state index in [-0.39, 0.29) is 0 Å². The molecule has 0 atom stereocenters. The summed E-state index contributed by atoms with van der Waals surface area (Å²) in [4.78, 5) is 7.00. The molecule has 0 bridgehead atoms. The topological polar surface area (TPSA) is 24.8 Å². The normalized spacial score (nSPS) is 14.7. The highest BCUT2D eigenvalue weighted by Gasteiger charge is 2.13. The number of aryl methyl sites for hydroxylation is 1. The zero-order chi connectivity index (χ0) is 15.4. The Hall–Kier alpha value is -2.29. The van der Waals surface area contributed by atoms with Gasteiger partial charge in [0.15, 0.2) is 0 Å². The summed E-state index contributed by atoms with van der Waals surface area (Å²) in [6.45, 7) is 4.54. The third-order valence-electron chi connectivity index (χ3n) is 4.10. The average Bonchev–Trinajstić information content (AvgIpc) is 3.07. The molecule has 0 aromatic heterocycles. The number of aliphatic imine (C=N–C) groups is 1. The van der Waals surface area contributed by atoms with Crippen LogP contribution >= 0.6 is 0 Å². The molecule has 1 fully saturated rings. The molecule has 3 nitrogen and oxygen atoms in total. The molecule has 1 heterocycles. The van der Waals surface area contributed by atoms with Gasteiger partial charge >= 0.3 is 0 Å². The molecule has 0 saturated carbocycles. The van der Waals surface area contributed by atoms with Gasteiger partial charge in [-0.15, -0.1) is 0 Å². The fourth-order valence-electron chi connectivity index (χ4n) is 2.89. The fourth-order valence-corrected chi connectivity index (χ4v) is 2.89. The molecule has 3 heteroatoms. The molecule has 2 aromatic rings. The maximum Gasteiger partial charge on any atom is 0.119 e. The van der Waals surface area contributed by atoms with E-state index in [0.29, 0.717) is 0 Å². The van der Waals surface area contributed by atoms with Gasteiger partial charge in [0.05, 0.1) is 12.8 Å². The molecule has 22 heavy (non-hydrogen) atoms. The molecular formula is C19H22N2O. The van der Waals surface area contributed by atoms with Gasteiger partial charge in [-0.25, -0.2) is 0 Å². The first-order valence-electron chi connectivity index (χ1n) is 7.80. The Labute approximate surface area is 132 Å². The van der Waals surface area contributed by atoms with Gasteiger partial charge in [-0.1, -0.05) is 6.07 Å². The number of rotatable bonds is 4. The van der Waals surface area contributed by atoms with Crippen molar-refractivity contribution >= 4 is 17.6 Å². The van der Waals surface area contributed by atoms with Gasteiger partial charge in [-0.3, -0.25) is 4.99 Å². The zero-order valence-corrected chi connectivity index (χ0v) is 13.2. The van der Waals surface area contributed by atoms with Gasteiger partial charge in [0.1, 0.15) is 5.75 Å². The van der Waals surface area contributed by atoms with Crippen molar-refractivity contribution in [1.82, 2.24) is 0 Å². The van der Waals surface area contributed by atoms with E-state index < -0.39 is 0 Å². The van der Waals surface area contributed by atoms with Crippen LogP contribution in [0.1, 0.15) is 24.0 Å². The monoisotopic (exact) mass is 294 g/mol. The Morgan fingerprint density at radius 2 is 1.77 bits per heavy atom. The number of hydrogen-bond donors (Lipinski definition) is 0. The minimum atomic E-state index is 0.852. The van der Waals surface area contributed by atoms with Crippen molar-refractivity contribution in [3.63, 3.8) is 0 Å². The lowest BCUT2D eigenvalue weighted by Crippen LogP contribution is -2.18. The van der Waals surface area contributed by atoms with Crippen LogP contribution in [-0.2, 0) is 0 Å². The summed E-state index contributed by atoms with van der Waals surface area (Å²) in [6, 6.07) is 14.3. The minimum absolute atomic E-state index is 0.852. The van der Waals surface area contributed by atoms with Crippen LogP contribution in [0.15, 0.2) is 47.5 Å². The van der Waals surface area contributed by atoms with E-state index in [9.17, 15) is 0 Å². The second-order valence-electron chi connectivity index (χ2n) is 5.70. The van der Waals surface area contributed by atoms with E-state index in [1.165, 1.54) is 37.2 Å². The van der Waals surface area contributed by atoms with E-state index in [1.807, 2.05) is 30.5 Å². The number of hydrogen-bond acceptors (Lipinski definition) is 3. The summed E-state index contributed by atoms with van der Waals surface area (Å²) in [5, 5.41) is 0. The first kappa shape index (κ1) is 14.6. The molecule has 114 valence electrons. The van der Waals surface area contributed by atoms with Crippen molar-refractivity contribution < 1.29 is 4.74 Å². The molecule has 1 aliphatic heterocycles. The number of benzene rings is 2. The summed E-state index contributed by atoms with van der Waals surface area (Å²) in [7, 11) is 1.67. The third-order valence-corrected chi connectivity index (χ3v) is 4.10. The van der Waals surface area contributed by atoms with Crippen LogP contribution in [0.3, 0.4) is 0 Å². The third kappa shape index (κ3) is 3.30. The van der Waals surface area contributed by atoms with E-state index >= 15 is 0 Å². The van der Waals surface area contributed by atoms with E-state index in [0.717, 1.165) is 17.0 Å². The minimum Gasteiger partial charge on any atom is -0.497 e. The second-order valence-corrected chi connectivity index (χ2v) is 5.70. The zero-order valence-electron chi connectivity index (χ0n) is 13.2. The highest BCUT2D eigenvalue weighted by atomic mass is 16.5. The summed E-state index contributed by atoms with van der Waals surface area (Å²) < 4.78 is 5.15. The van der Waals surface area contributed by atoms with Crippen LogP contribution in [0.25, 0.3) is 0 Å².